The van der Waals surface area contributed by atoms with Crippen LogP contribution in [-0.2, 0) is 0 Å². The van der Waals surface area contributed by atoms with E-state index in [0.717, 1.165) is 17.5 Å². The smallest absolute Gasteiger partial charge is 0.0623 e. The summed E-state index contributed by atoms with van der Waals surface area (Å²) in [6.07, 6.45) is 5.08. The third kappa shape index (κ3) is 2.02. The molecule has 0 amide bonds. The average Bonchev–Trinajstić information content (AvgIpc) is 2.13. The first-order valence-corrected chi connectivity index (χ1v) is 4.48. The van der Waals surface area contributed by atoms with Crippen LogP contribution in [0, 0.1) is 6.92 Å². The predicted molar refractivity (Wildman–Crippen MR) is 59.3 cm³/mol. The summed E-state index contributed by atoms with van der Waals surface area (Å²) in [5.74, 6) is 0. The number of allylic oxidation sites excluding steroid dienone is 1. The van der Waals surface area contributed by atoms with E-state index in [0.29, 0.717) is 11.4 Å². The van der Waals surface area contributed by atoms with E-state index < -0.39 is 0 Å². The topological polar surface area (TPSA) is 52.0 Å². The van der Waals surface area contributed by atoms with E-state index in [9.17, 15) is 0 Å². The van der Waals surface area contributed by atoms with Crippen molar-refractivity contribution in [1.29, 1.82) is 0 Å². The molecule has 1 aromatic rings. The van der Waals surface area contributed by atoms with Crippen molar-refractivity contribution in [2.24, 2.45) is 0 Å². The molecule has 2 heteroatoms. The van der Waals surface area contributed by atoms with Gasteiger partial charge in [0.05, 0.1) is 11.4 Å². The van der Waals surface area contributed by atoms with Crippen LogP contribution in [0.5, 0.6) is 0 Å². The fraction of sp³-hybridized carbons (Fsp3) is 0.273. The lowest BCUT2D eigenvalue weighted by molar-refractivity contribution is 1.23. The van der Waals surface area contributed by atoms with E-state index in [1.54, 1.807) is 0 Å². The molecular formula is C11H16N2. The maximum absolute atomic E-state index is 5.85. The van der Waals surface area contributed by atoms with E-state index in [1.807, 2.05) is 25.1 Å². The Labute approximate surface area is 79.2 Å². The quantitative estimate of drug-likeness (QED) is 0.680. The molecule has 2 nitrogen and oxygen atoms in total. The van der Waals surface area contributed by atoms with Crippen LogP contribution in [-0.4, -0.2) is 0 Å². The zero-order chi connectivity index (χ0) is 9.84. The minimum Gasteiger partial charge on any atom is -0.397 e. The molecule has 13 heavy (non-hydrogen) atoms. The van der Waals surface area contributed by atoms with Crippen LogP contribution >= 0.6 is 0 Å². The molecule has 0 fully saturated rings. The summed E-state index contributed by atoms with van der Waals surface area (Å²) in [5.41, 5.74) is 15.1. The van der Waals surface area contributed by atoms with Gasteiger partial charge in [-0.3, -0.25) is 0 Å². The highest BCUT2D eigenvalue weighted by atomic mass is 14.7. The molecular weight excluding hydrogens is 160 g/mol. The van der Waals surface area contributed by atoms with Crippen LogP contribution in [0.1, 0.15) is 24.5 Å². The monoisotopic (exact) mass is 176 g/mol. The molecule has 0 saturated carbocycles. The van der Waals surface area contributed by atoms with Gasteiger partial charge in [0.1, 0.15) is 0 Å². The van der Waals surface area contributed by atoms with E-state index in [2.05, 4.69) is 13.0 Å². The van der Waals surface area contributed by atoms with Gasteiger partial charge in [-0.25, -0.2) is 0 Å². The largest absolute Gasteiger partial charge is 0.397 e. The predicted octanol–water partition coefficient (Wildman–Crippen LogP) is 2.58. The van der Waals surface area contributed by atoms with Crippen LogP contribution in [0.25, 0.3) is 6.08 Å². The summed E-state index contributed by atoms with van der Waals surface area (Å²) < 4.78 is 0. The maximum Gasteiger partial charge on any atom is 0.0623 e. The van der Waals surface area contributed by atoms with Gasteiger partial charge < -0.3 is 11.5 Å². The first-order chi connectivity index (χ1) is 6.16. The second kappa shape index (κ2) is 3.99. The molecule has 0 heterocycles. The van der Waals surface area contributed by atoms with Gasteiger partial charge in [-0.05, 0) is 24.5 Å². The van der Waals surface area contributed by atoms with Crippen molar-refractivity contribution in [2.45, 2.75) is 20.3 Å². The van der Waals surface area contributed by atoms with E-state index >= 15 is 0 Å². The summed E-state index contributed by atoms with van der Waals surface area (Å²) in [6, 6.07) is 3.98. The number of benzene rings is 1. The highest BCUT2D eigenvalue weighted by Crippen LogP contribution is 2.24. The van der Waals surface area contributed by atoms with Gasteiger partial charge >= 0.3 is 0 Å². The summed E-state index contributed by atoms with van der Waals surface area (Å²) in [6.45, 7) is 4.04. The van der Waals surface area contributed by atoms with Crippen molar-refractivity contribution in [3.63, 3.8) is 0 Å². The second-order valence-electron chi connectivity index (χ2n) is 3.11. The van der Waals surface area contributed by atoms with E-state index in [1.165, 1.54) is 0 Å². The summed E-state index contributed by atoms with van der Waals surface area (Å²) in [5, 5.41) is 0. The Morgan fingerprint density at radius 1 is 1.23 bits per heavy atom. The Morgan fingerprint density at radius 3 is 2.54 bits per heavy atom. The third-order valence-corrected chi connectivity index (χ3v) is 2.07. The van der Waals surface area contributed by atoms with Crippen LogP contribution in [0.2, 0.25) is 0 Å². The van der Waals surface area contributed by atoms with Crippen LogP contribution in [0.15, 0.2) is 18.2 Å². The lowest BCUT2D eigenvalue weighted by Crippen LogP contribution is -1.99. The SMILES string of the molecule is CC/C=C/c1ccc(C)c(N)c1N. The summed E-state index contributed by atoms with van der Waals surface area (Å²) in [7, 11) is 0. The Morgan fingerprint density at radius 2 is 1.92 bits per heavy atom. The van der Waals surface area contributed by atoms with E-state index in [4.69, 9.17) is 11.5 Å². The standard InChI is InChI=1S/C11H16N2/c1-3-4-5-9-7-6-8(2)10(12)11(9)13/h4-7H,3,12-13H2,1-2H3/b5-4+. The van der Waals surface area contributed by atoms with Crippen molar-refractivity contribution in [1.82, 2.24) is 0 Å². The van der Waals surface area contributed by atoms with Crippen molar-refractivity contribution in [2.75, 3.05) is 11.5 Å². The molecule has 0 unspecified atom stereocenters. The number of rotatable bonds is 2. The number of anilines is 2. The van der Waals surface area contributed by atoms with Gasteiger partial charge in [0.15, 0.2) is 0 Å². The molecule has 4 N–H and O–H groups in total. The molecule has 0 bridgehead atoms. The molecule has 0 aliphatic heterocycles. The third-order valence-electron chi connectivity index (χ3n) is 2.07. The second-order valence-corrected chi connectivity index (χ2v) is 3.11. The number of hydrogen-bond acceptors (Lipinski definition) is 2. The molecule has 0 aliphatic rings. The zero-order valence-corrected chi connectivity index (χ0v) is 8.17. The van der Waals surface area contributed by atoms with Gasteiger partial charge in [0.25, 0.3) is 0 Å². The van der Waals surface area contributed by atoms with E-state index in [-0.39, 0.29) is 0 Å². The lowest BCUT2D eigenvalue weighted by atomic mass is 10.1. The number of aryl methyl sites for hydroxylation is 1. The normalized spacial score (nSPS) is 10.9. The molecule has 0 aromatic heterocycles. The number of hydrogen-bond donors (Lipinski definition) is 2. The van der Waals surface area contributed by atoms with Gasteiger partial charge in [-0.15, -0.1) is 0 Å². The molecule has 0 atom stereocenters. The van der Waals surface area contributed by atoms with Gasteiger partial charge in [0, 0.05) is 0 Å². The van der Waals surface area contributed by atoms with Crippen molar-refractivity contribution in [3.05, 3.63) is 29.3 Å². The fourth-order valence-electron chi connectivity index (χ4n) is 1.15. The summed E-state index contributed by atoms with van der Waals surface area (Å²) in [4.78, 5) is 0. The molecule has 1 rings (SSSR count). The molecule has 70 valence electrons. The van der Waals surface area contributed by atoms with Gasteiger partial charge in [0.2, 0.25) is 0 Å². The maximum atomic E-state index is 5.85. The van der Waals surface area contributed by atoms with Gasteiger partial charge in [-0.1, -0.05) is 31.2 Å². The highest BCUT2D eigenvalue weighted by Gasteiger charge is 2.01. The minimum atomic E-state index is 0.685. The zero-order valence-electron chi connectivity index (χ0n) is 8.17. The molecule has 0 aliphatic carbocycles. The number of nitrogens with two attached hydrogens (primary N) is 2. The minimum absolute atomic E-state index is 0.685. The lowest BCUT2D eigenvalue weighted by Gasteiger charge is -2.06. The van der Waals surface area contributed by atoms with Crippen LogP contribution < -0.4 is 11.5 Å². The summed E-state index contributed by atoms with van der Waals surface area (Å²) >= 11 is 0. The number of nitrogen functional groups attached to an aromatic ring is 2. The van der Waals surface area contributed by atoms with Gasteiger partial charge in [-0.2, -0.15) is 0 Å². The Hall–Kier alpha value is -1.44. The van der Waals surface area contributed by atoms with Crippen molar-refractivity contribution >= 4 is 17.5 Å². The molecule has 0 saturated heterocycles. The molecule has 0 spiro atoms. The van der Waals surface area contributed by atoms with Crippen molar-refractivity contribution < 1.29 is 0 Å². The Bertz CT molecular complexity index is 327. The first-order valence-electron chi connectivity index (χ1n) is 4.48. The average molecular weight is 176 g/mol. The Kier molecular flexibility index (Phi) is 2.96. The highest BCUT2D eigenvalue weighted by molar-refractivity contribution is 5.78. The Balaban J connectivity index is 3.11. The van der Waals surface area contributed by atoms with Crippen LogP contribution in [0.4, 0.5) is 11.4 Å². The van der Waals surface area contributed by atoms with Crippen molar-refractivity contribution in [3.8, 4) is 0 Å². The van der Waals surface area contributed by atoms with Crippen LogP contribution in [0.3, 0.4) is 0 Å². The molecule has 0 radical (unpaired) electrons. The first kappa shape index (κ1) is 9.65. The fourth-order valence-corrected chi connectivity index (χ4v) is 1.15. The molecule has 1 aromatic carbocycles.